The monoisotopic (exact) mass is 442 g/mol. The second-order valence-corrected chi connectivity index (χ2v) is 8.49. The maximum atomic E-state index is 12.7. The van der Waals surface area contributed by atoms with E-state index in [2.05, 4.69) is 12.2 Å². The Hall–Kier alpha value is -2.48. The number of hydrogen-bond acceptors (Lipinski definition) is 3. The lowest BCUT2D eigenvalue weighted by Crippen LogP contribution is -2.41. The fourth-order valence-electron chi connectivity index (χ4n) is 3.63. The number of nitrogens with one attached hydrogen (secondary N) is 1. The van der Waals surface area contributed by atoms with E-state index in [1.807, 2.05) is 24.3 Å². The maximum Gasteiger partial charge on any atom is 0.262 e. The summed E-state index contributed by atoms with van der Waals surface area (Å²) in [5, 5.41) is 13.7. The van der Waals surface area contributed by atoms with Crippen LogP contribution < -0.4 is 10.1 Å². The van der Waals surface area contributed by atoms with Gasteiger partial charge in [0.25, 0.3) is 5.91 Å². The van der Waals surface area contributed by atoms with Crippen LogP contribution in [0.25, 0.3) is 6.08 Å². The molecular formula is C24H24Cl2N2O2. The molecule has 2 atom stereocenters. The molecule has 4 nitrogen and oxygen atoms in total. The highest BCUT2D eigenvalue weighted by molar-refractivity contribution is 6.31. The Bertz CT molecular complexity index is 981. The van der Waals surface area contributed by atoms with Gasteiger partial charge in [-0.2, -0.15) is 5.26 Å². The first-order chi connectivity index (χ1) is 14.5. The Labute approximate surface area is 187 Å². The molecule has 156 valence electrons. The molecule has 0 heterocycles. The molecule has 3 rings (SSSR count). The number of rotatable bonds is 6. The summed E-state index contributed by atoms with van der Waals surface area (Å²) in [6.45, 7) is 2.44. The molecule has 0 spiro atoms. The summed E-state index contributed by atoms with van der Waals surface area (Å²) in [6.07, 6.45) is 5.84. The van der Waals surface area contributed by atoms with Crippen LogP contribution in [0.1, 0.15) is 43.7 Å². The van der Waals surface area contributed by atoms with Crippen molar-refractivity contribution in [3.63, 3.8) is 0 Å². The topological polar surface area (TPSA) is 62.1 Å². The predicted molar refractivity (Wildman–Crippen MR) is 120 cm³/mol. The van der Waals surface area contributed by atoms with Crippen LogP contribution in [-0.2, 0) is 11.4 Å². The highest BCUT2D eigenvalue weighted by Gasteiger charge is 2.24. The van der Waals surface area contributed by atoms with Crippen LogP contribution in [0.2, 0.25) is 10.0 Å². The SMILES string of the molecule is C[C@H]1CCCC[C@H]1NC(=O)/C(C#N)=C/c1cc(Cl)ccc1OCc1cccc(Cl)c1. The van der Waals surface area contributed by atoms with E-state index in [1.165, 1.54) is 12.5 Å². The molecule has 0 saturated heterocycles. The number of nitriles is 1. The van der Waals surface area contributed by atoms with Gasteiger partial charge >= 0.3 is 0 Å². The van der Waals surface area contributed by atoms with Crippen molar-refractivity contribution < 1.29 is 9.53 Å². The van der Waals surface area contributed by atoms with Crippen molar-refractivity contribution in [1.82, 2.24) is 5.32 Å². The highest BCUT2D eigenvalue weighted by Crippen LogP contribution is 2.27. The zero-order chi connectivity index (χ0) is 21.5. The third kappa shape index (κ3) is 6.01. The van der Waals surface area contributed by atoms with Crippen molar-refractivity contribution in [3.8, 4) is 11.8 Å². The normalized spacial score (nSPS) is 19.1. The molecule has 30 heavy (non-hydrogen) atoms. The van der Waals surface area contributed by atoms with Crippen LogP contribution >= 0.6 is 23.2 Å². The van der Waals surface area contributed by atoms with Gasteiger partial charge in [0.2, 0.25) is 0 Å². The van der Waals surface area contributed by atoms with Crippen molar-refractivity contribution in [2.24, 2.45) is 5.92 Å². The van der Waals surface area contributed by atoms with E-state index in [0.717, 1.165) is 24.8 Å². The van der Waals surface area contributed by atoms with E-state index in [4.69, 9.17) is 27.9 Å². The number of hydrogen-bond donors (Lipinski definition) is 1. The molecule has 6 heteroatoms. The van der Waals surface area contributed by atoms with Crippen LogP contribution in [0.3, 0.4) is 0 Å². The number of amides is 1. The van der Waals surface area contributed by atoms with Crippen LogP contribution in [0.5, 0.6) is 5.75 Å². The van der Waals surface area contributed by atoms with Crippen molar-refractivity contribution in [2.75, 3.05) is 0 Å². The fourth-order valence-corrected chi connectivity index (χ4v) is 4.03. The Kier molecular flexibility index (Phi) is 7.79. The van der Waals surface area contributed by atoms with Crippen LogP contribution in [0, 0.1) is 17.2 Å². The van der Waals surface area contributed by atoms with E-state index in [0.29, 0.717) is 33.9 Å². The summed E-state index contributed by atoms with van der Waals surface area (Å²) >= 11 is 12.2. The van der Waals surface area contributed by atoms with Gasteiger partial charge in [0.05, 0.1) is 0 Å². The van der Waals surface area contributed by atoms with Crippen molar-refractivity contribution in [2.45, 2.75) is 45.3 Å². The maximum absolute atomic E-state index is 12.7. The lowest BCUT2D eigenvalue weighted by atomic mass is 9.86. The van der Waals surface area contributed by atoms with Gasteiger partial charge in [-0.25, -0.2) is 0 Å². The molecule has 2 aromatic rings. The molecule has 1 fully saturated rings. The molecule has 1 amide bonds. The van der Waals surface area contributed by atoms with E-state index in [9.17, 15) is 10.1 Å². The number of halogens is 2. The first-order valence-electron chi connectivity index (χ1n) is 10.1. The number of nitrogens with zero attached hydrogens (tertiary/aromatic N) is 1. The van der Waals surface area contributed by atoms with Gasteiger partial charge < -0.3 is 10.1 Å². The molecular weight excluding hydrogens is 419 g/mol. The third-order valence-electron chi connectivity index (χ3n) is 5.35. The van der Waals surface area contributed by atoms with E-state index in [-0.39, 0.29) is 17.5 Å². The van der Waals surface area contributed by atoms with Crippen LogP contribution in [-0.4, -0.2) is 11.9 Å². The number of carbonyl (C=O) groups excluding carboxylic acids is 1. The van der Waals surface area contributed by atoms with Crippen LogP contribution in [0.15, 0.2) is 48.0 Å². The van der Waals surface area contributed by atoms with E-state index < -0.39 is 0 Å². The van der Waals surface area contributed by atoms with Gasteiger partial charge in [-0.1, -0.05) is 55.1 Å². The zero-order valence-corrected chi connectivity index (χ0v) is 18.3. The van der Waals surface area contributed by atoms with Gasteiger partial charge in [0.15, 0.2) is 0 Å². The summed E-state index contributed by atoms with van der Waals surface area (Å²) in [6, 6.07) is 14.6. The molecule has 0 bridgehead atoms. The van der Waals surface area contributed by atoms with Crippen LogP contribution in [0.4, 0.5) is 0 Å². The fraction of sp³-hybridized carbons (Fsp3) is 0.333. The Morgan fingerprint density at radius 1 is 1.20 bits per heavy atom. The minimum absolute atomic E-state index is 0.0302. The largest absolute Gasteiger partial charge is 0.488 e. The summed E-state index contributed by atoms with van der Waals surface area (Å²) in [7, 11) is 0. The predicted octanol–water partition coefficient (Wildman–Crippen LogP) is 6.17. The standard InChI is InChI=1S/C24H24Cl2N2O2/c1-16-5-2-3-8-22(16)28-24(29)19(14-27)12-18-13-21(26)9-10-23(18)30-15-17-6-4-7-20(25)11-17/h4,6-7,9-13,16,22H,2-3,5,8,15H2,1H3,(H,28,29)/b19-12+/t16-,22+/m0/s1. The summed E-state index contributed by atoms with van der Waals surface area (Å²) in [5.74, 6) is 0.577. The zero-order valence-electron chi connectivity index (χ0n) is 16.8. The Morgan fingerprint density at radius 3 is 2.70 bits per heavy atom. The van der Waals surface area contributed by atoms with Crippen molar-refractivity contribution in [1.29, 1.82) is 5.26 Å². The second kappa shape index (κ2) is 10.5. The third-order valence-corrected chi connectivity index (χ3v) is 5.82. The summed E-state index contributed by atoms with van der Waals surface area (Å²) < 4.78 is 5.92. The average molecular weight is 443 g/mol. The molecule has 0 aromatic heterocycles. The highest BCUT2D eigenvalue weighted by atomic mass is 35.5. The van der Waals surface area contributed by atoms with Crippen molar-refractivity contribution in [3.05, 3.63) is 69.2 Å². The first-order valence-corrected chi connectivity index (χ1v) is 10.8. The van der Waals surface area contributed by atoms with Gasteiger partial charge in [-0.15, -0.1) is 0 Å². The average Bonchev–Trinajstić information content (AvgIpc) is 2.73. The quantitative estimate of drug-likeness (QED) is 0.429. The Balaban J connectivity index is 1.78. The molecule has 1 N–H and O–H groups in total. The molecule has 0 aliphatic heterocycles. The molecule has 1 saturated carbocycles. The summed E-state index contributed by atoms with van der Waals surface area (Å²) in [4.78, 5) is 12.7. The number of ether oxygens (including phenoxy) is 1. The van der Waals surface area contributed by atoms with Gasteiger partial charge in [0.1, 0.15) is 24.0 Å². The summed E-state index contributed by atoms with van der Waals surface area (Å²) in [5.41, 5.74) is 1.52. The minimum Gasteiger partial charge on any atom is -0.488 e. The lowest BCUT2D eigenvalue weighted by Gasteiger charge is -2.29. The molecule has 1 aliphatic carbocycles. The lowest BCUT2D eigenvalue weighted by molar-refractivity contribution is -0.118. The molecule has 1 aliphatic rings. The minimum atomic E-state index is -0.364. The Morgan fingerprint density at radius 2 is 1.97 bits per heavy atom. The number of carbonyl (C=O) groups is 1. The first kappa shape index (κ1) is 22.2. The second-order valence-electron chi connectivity index (χ2n) is 7.61. The van der Waals surface area contributed by atoms with Gasteiger partial charge in [0, 0.05) is 21.7 Å². The van der Waals surface area contributed by atoms with Gasteiger partial charge in [-0.3, -0.25) is 4.79 Å². The molecule has 0 unspecified atom stereocenters. The van der Waals surface area contributed by atoms with E-state index in [1.54, 1.807) is 24.3 Å². The smallest absolute Gasteiger partial charge is 0.262 e. The van der Waals surface area contributed by atoms with Crippen molar-refractivity contribution >= 4 is 35.2 Å². The van der Waals surface area contributed by atoms with Gasteiger partial charge in [-0.05, 0) is 60.7 Å². The number of benzene rings is 2. The molecule has 0 radical (unpaired) electrons. The van der Waals surface area contributed by atoms with E-state index >= 15 is 0 Å². The molecule has 2 aromatic carbocycles.